The molecule has 1 amide bonds. The average Bonchev–Trinajstić information content (AvgIpc) is 3.10. The molecule has 2 aromatic heterocycles. The van der Waals surface area contributed by atoms with Gasteiger partial charge in [-0.15, -0.1) is 0 Å². The van der Waals surface area contributed by atoms with E-state index in [0.29, 0.717) is 17.4 Å². The van der Waals surface area contributed by atoms with Crippen molar-refractivity contribution in [3.05, 3.63) is 54.5 Å². The number of hydrogen-bond acceptors (Lipinski definition) is 3. The Bertz CT molecular complexity index is 915. The van der Waals surface area contributed by atoms with Crippen molar-refractivity contribution in [2.45, 2.75) is 39.2 Å². The molecule has 4 rings (SSSR count). The van der Waals surface area contributed by atoms with Crippen molar-refractivity contribution in [3.63, 3.8) is 0 Å². The molecule has 1 aromatic carbocycles. The second-order valence-corrected chi connectivity index (χ2v) is 7.35. The van der Waals surface area contributed by atoms with Gasteiger partial charge in [-0.25, -0.2) is 9.97 Å². The second-order valence-electron chi connectivity index (χ2n) is 7.35. The summed E-state index contributed by atoms with van der Waals surface area (Å²) in [5, 5.41) is 3.23. The molecule has 1 fully saturated rings. The van der Waals surface area contributed by atoms with Gasteiger partial charge in [0.05, 0.1) is 0 Å². The van der Waals surface area contributed by atoms with E-state index in [4.69, 9.17) is 0 Å². The second kappa shape index (κ2) is 6.90. The standard InChI is InChI=1S/C21H24N4O/c1-14-5-3-6-18(15(14)2)24-21(26)16-8-10-17(11-9-16)25-13-23-19-7-4-12-22-20(19)25/h4,7-15,18H,3,5-6H2,1-2H3,(H,24,26). The van der Waals surface area contributed by atoms with Gasteiger partial charge in [0.2, 0.25) is 0 Å². The third kappa shape index (κ3) is 3.09. The molecule has 0 spiro atoms. The van der Waals surface area contributed by atoms with E-state index in [9.17, 15) is 4.79 Å². The van der Waals surface area contributed by atoms with Crippen LogP contribution in [0.5, 0.6) is 0 Å². The summed E-state index contributed by atoms with van der Waals surface area (Å²) in [6.45, 7) is 4.52. The van der Waals surface area contributed by atoms with E-state index in [0.717, 1.165) is 23.3 Å². The Balaban J connectivity index is 1.51. The van der Waals surface area contributed by atoms with Crippen molar-refractivity contribution >= 4 is 17.1 Å². The molecule has 3 atom stereocenters. The lowest BCUT2D eigenvalue weighted by atomic mass is 9.78. The van der Waals surface area contributed by atoms with Crippen molar-refractivity contribution in [1.29, 1.82) is 0 Å². The molecular formula is C21H24N4O. The number of nitrogens with zero attached hydrogens (tertiary/aromatic N) is 3. The number of carbonyl (C=O) groups excluding carboxylic acids is 1. The van der Waals surface area contributed by atoms with Crippen LogP contribution in [0.4, 0.5) is 0 Å². The zero-order chi connectivity index (χ0) is 18.1. The fourth-order valence-corrected chi connectivity index (χ4v) is 3.85. The minimum atomic E-state index is 0.0103. The first-order chi connectivity index (χ1) is 12.6. The van der Waals surface area contributed by atoms with Gasteiger partial charge in [0.15, 0.2) is 5.65 Å². The number of nitrogens with one attached hydrogen (secondary N) is 1. The molecule has 0 radical (unpaired) electrons. The summed E-state index contributed by atoms with van der Waals surface area (Å²) < 4.78 is 1.93. The van der Waals surface area contributed by atoms with Crippen molar-refractivity contribution in [2.24, 2.45) is 11.8 Å². The maximum absolute atomic E-state index is 12.6. The maximum atomic E-state index is 12.6. The number of carbonyl (C=O) groups is 1. The van der Waals surface area contributed by atoms with Crippen LogP contribution in [-0.2, 0) is 0 Å². The molecule has 0 aliphatic heterocycles. The van der Waals surface area contributed by atoms with Crippen LogP contribution in [-0.4, -0.2) is 26.5 Å². The molecule has 1 saturated carbocycles. The molecule has 1 N–H and O–H groups in total. The molecule has 1 aliphatic carbocycles. The summed E-state index contributed by atoms with van der Waals surface area (Å²) in [5.74, 6) is 1.20. The number of fused-ring (bicyclic) bond motifs is 1. The van der Waals surface area contributed by atoms with E-state index in [1.807, 2.05) is 41.0 Å². The van der Waals surface area contributed by atoms with Crippen molar-refractivity contribution < 1.29 is 4.79 Å². The van der Waals surface area contributed by atoms with Gasteiger partial charge in [0.25, 0.3) is 5.91 Å². The first kappa shape index (κ1) is 16.8. The van der Waals surface area contributed by atoms with Crippen molar-refractivity contribution in [2.75, 3.05) is 0 Å². The summed E-state index contributed by atoms with van der Waals surface area (Å²) in [5.41, 5.74) is 3.31. The lowest BCUT2D eigenvalue weighted by molar-refractivity contribution is 0.0891. The fourth-order valence-electron chi connectivity index (χ4n) is 3.85. The molecular weight excluding hydrogens is 324 g/mol. The highest BCUT2D eigenvalue weighted by atomic mass is 16.1. The summed E-state index contributed by atoms with van der Waals surface area (Å²) in [4.78, 5) is 21.4. The third-order valence-electron chi connectivity index (χ3n) is 5.74. The zero-order valence-corrected chi connectivity index (χ0v) is 15.2. The Kier molecular flexibility index (Phi) is 4.45. The fraction of sp³-hybridized carbons (Fsp3) is 0.381. The van der Waals surface area contributed by atoms with Crippen LogP contribution in [0.1, 0.15) is 43.5 Å². The Hall–Kier alpha value is -2.69. The van der Waals surface area contributed by atoms with Crippen LogP contribution in [0.2, 0.25) is 0 Å². The van der Waals surface area contributed by atoms with Gasteiger partial charge in [0.1, 0.15) is 11.8 Å². The van der Waals surface area contributed by atoms with E-state index in [-0.39, 0.29) is 11.9 Å². The molecule has 1 aliphatic rings. The lowest BCUT2D eigenvalue weighted by Gasteiger charge is -2.34. The summed E-state index contributed by atoms with van der Waals surface area (Å²) in [6.07, 6.45) is 7.04. The number of rotatable bonds is 3. The van der Waals surface area contributed by atoms with Gasteiger partial charge in [-0.3, -0.25) is 9.36 Å². The number of hydrogen-bond donors (Lipinski definition) is 1. The average molecular weight is 348 g/mol. The third-order valence-corrected chi connectivity index (χ3v) is 5.74. The zero-order valence-electron chi connectivity index (χ0n) is 15.2. The summed E-state index contributed by atoms with van der Waals surface area (Å²) >= 11 is 0. The maximum Gasteiger partial charge on any atom is 0.251 e. The van der Waals surface area contributed by atoms with Gasteiger partial charge in [-0.2, -0.15) is 0 Å². The lowest BCUT2D eigenvalue weighted by Crippen LogP contribution is -2.43. The smallest absolute Gasteiger partial charge is 0.251 e. The number of benzene rings is 1. The van der Waals surface area contributed by atoms with Crippen LogP contribution >= 0.6 is 0 Å². The van der Waals surface area contributed by atoms with Gasteiger partial charge < -0.3 is 5.32 Å². The number of pyridine rings is 1. The van der Waals surface area contributed by atoms with Gasteiger partial charge in [-0.05, 0) is 54.7 Å². The largest absolute Gasteiger partial charge is 0.349 e. The first-order valence-corrected chi connectivity index (χ1v) is 9.33. The van der Waals surface area contributed by atoms with Crippen LogP contribution in [0, 0.1) is 11.8 Å². The highest BCUT2D eigenvalue weighted by Gasteiger charge is 2.28. The summed E-state index contributed by atoms with van der Waals surface area (Å²) in [6, 6.07) is 11.7. The van der Waals surface area contributed by atoms with Crippen molar-refractivity contribution in [1.82, 2.24) is 19.9 Å². The predicted molar refractivity (Wildman–Crippen MR) is 102 cm³/mol. The molecule has 0 bridgehead atoms. The molecule has 2 heterocycles. The Morgan fingerprint density at radius 2 is 1.92 bits per heavy atom. The number of aromatic nitrogens is 3. The van der Waals surface area contributed by atoms with Gasteiger partial charge in [-0.1, -0.05) is 26.7 Å². The number of imidazole rings is 1. The van der Waals surface area contributed by atoms with Crippen molar-refractivity contribution in [3.8, 4) is 5.69 Å². The van der Waals surface area contributed by atoms with E-state index in [2.05, 4.69) is 29.1 Å². The normalized spacial score (nSPS) is 23.1. The molecule has 26 heavy (non-hydrogen) atoms. The van der Waals surface area contributed by atoms with E-state index < -0.39 is 0 Å². The SMILES string of the molecule is CC1CCCC(NC(=O)c2ccc(-n3cnc4cccnc43)cc2)C1C. The molecule has 5 nitrogen and oxygen atoms in total. The highest BCUT2D eigenvalue weighted by Crippen LogP contribution is 2.29. The molecule has 3 unspecified atom stereocenters. The number of amides is 1. The van der Waals surface area contributed by atoms with Crippen LogP contribution in [0.3, 0.4) is 0 Å². The van der Waals surface area contributed by atoms with Crippen LogP contribution in [0.25, 0.3) is 16.9 Å². The minimum absolute atomic E-state index is 0.0103. The molecule has 5 heteroatoms. The van der Waals surface area contributed by atoms with E-state index in [1.54, 1.807) is 12.5 Å². The molecule has 134 valence electrons. The summed E-state index contributed by atoms with van der Waals surface area (Å²) in [7, 11) is 0. The predicted octanol–water partition coefficient (Wildman–Crippen LogP) is 3.98. The Morgan fingerprint density at radius 1 is 1.12 bits per heavy atom. The van der Waals surface area contributed by atoms with Crippen LogP contribution < -0.4 is 5.32 Å². The van der Waals surface area contributed by atoms with E-state index >= 15 is 0 Å². The minimum Gasteiger partial charge on any atom is -0.349 e. The van der Waals surface area contributed by atoms with E-state index in [1.165, 1.54) is 12.8 Å². The first-order valence-electron chi connectivity index (χ1n) is 9.33. The highest BCUT2D eigenvalue weighted by molar-refractivity contribution is 5.94. The molecule has 0 saturated heterocycles. The topological polar surface area (TPSA) is 59.8 Å². The Labute approximate surface area is 153 Å². The van der Waals surface area contributed by atoms with Crippen LogP contribution in [0.15, 0.2) is 48.9 Å². The molecule has 3 aromatic rings. The van der Waals surface area contributed by atoms with Gasteiger partial charge in [0, 0.05) is 23.5 Å². The Morgan fingerprint density at radius 3 is 2.73 bits per heavy atom. The van der Waals surface area contributed by atoms with Gasteiger partial charge >= 0.3 is 0 Å². The quantitative estimate of drug-likeness (QED) is 0.779. The monoisotopic (exact) mass is 348 g/mol.